The maximum Gasteiger partial charge on any atom is 0.273 e. The summed E-state index contributed by atoms with van der Waals surface area (Å²) < 4.78 is 0. The molecule has 4 nitrogen and oxygen atoms in total. The maximum atomic E-state index is 10.8. The Morgan fingerprint density at radius 2 is 2.12 bits per heavy atom. The van der Waals surface area contributed by atoms with Crippen LogP contribution in [0, 0.1) is 15.5 Å². The molecule has 0 radical (unpaired) electrons. The van der Waals surface area contributed by atoms with E-state index in [1.54, 1.807) is 18.2 Å². The van der Waals surface area contributed by atoms with Crippen LogP contribution in [0.2, 0.25) is 0 Å². The van der Waals surface area contributed by atoms with Crippen molar-refractivity contribution < 1.29 is 4.92 Å². The van der Waals surface area contributed by atoms with Gasteiger partial charge in [-0.25, -0.2) is 0 Å². The lowest BCUT2D eigenvalue weighted by Crippen LogP contribution is -2.20. The van der Waals surface area contributed by atoms with Gasteiger partial charge in [-0.2, -0.15) is 0 Å². The number of nitro benzene ring substituents is 1. The number of nitro groups is 1. The van der Waals surface area contributed by atoms with Crippen LogP contribution >= 0.6 is 0 Å². The van der Waals surface area contributed by atoms with Crippen LogP contribution in [-0.4, -0.2) is 11.0 Å². The zero-order valence-electron chi connectivity index (χ0n) is 9.56. The molecule has 0 saturated heterocycles. The summed E-state index contributed by atoms with van der Waals surface area (Å²) in [5.74, 6) is 0. The summed E-state index contributed by atoms with van der Waals surface area (Å²) in [7, 11) is 0. The molecule has 4 heteroatoms. The predicted molar refractivity (Wildman–Crippen MR) is 62.1 cm³/mol. The molecule has 1 unspecified atom stereocenters. The number of hydrogen-bond acceptors (Lipinski definition) is 3. The van der Waals surface area contributed by atoms with Crippen molar-refractivity contribution in [3.8, 4) is 0 Å². The lowest BCUT2D eigenvalue weighted by atomic mass is 10.1. The average molecular weight is 220 g/mol. The summed E-state index contributed by atoms with van der Waals surface area (Å²) in [5.41, 5.74) is 1.31. The Morgan fingerprint density at radius 1 is 1.50 bits per heavy atom. The molecule has 1 aromatic rings. The third-order valence-electron chi connectivity index (χ3n) is 3.24. The van der Waals surface area contributed by atoms with E-state index in [0.29, 0.717) is 18.0 Å². The zero-order chi connectivity index (χ0) is 11.8. The minimum Gasteiger partial charge on any atom is -0.309 e. The summed E-state index contributed by atoms with van der Waals surface area (Å²) in [6.45, 7) is 4.97. The first-order valence-electron chi connectivity index (χ1n) is 5.46. The third-order valence-corrected chi connectivity index (χ3v) is 3.24. The summed E-state index contributed by atoms with van der Waals surface area (Å²) >= 11 is 0. The van der Waals surface area contributed by atoms with Crippen molar-refractivity contribution in [3.63, 3.8) is 0 Å². The van der Waals surface area contributed by atoms with Crippen molar-refractivity contribution in [2.24, 2.45) is 5.41 Å². The monoisotopic (exact) mass is 220 g/mol. The Balaban J connectivity index is 2.02. The predicted octanol–water partition coefficient (Wildman–Crippen LogP) is 2.48. The molecule has 0 bridgehead atoms. The van der Waals surface area contributed by atoms with Gasteiger partial charge in [-0.3, -0.25) is 10.1 Å². The minimum atomic E-state index is -0.324. The normalized spacial score (nSPS) is 21.8. The fourth-order valence-corrected chi connectivity index (χ4v) is 1.89. The quantitative estimate of drug-likeness (QED) is 0.626. The number of nitrogens with zero attached hydrogens (tertiary/aromatic N) is 1. The highest BCUT2D eigenvalue weighted by molar-refractivity contribution is 5.39. The van der Waals surface area contributed by atoms with E-state index in [-0.39, 0.29) is 10.6 Å². The highest BCUT2D eigenvalue weighted by atomic mass is 16.6. The van der Waals surface area contributed by atoms with Gasteiger partial charge in [0.1, 0.15) is 0 Å². The SMILES string of the molecule is CC1(C)CC1NCc1ccccc1[N+](=O)[O-]. The van der Waals surface area contributed by atoms with Crippen LogP contribution in [0.3, 0.4) is 0 Å². The highest BCUT2D eigenvalue weighted by Crippen LogP contribution is 2.44. The smallest absolute Gasteiger partial charge is 0.273 e. The van der Waals surface area contributed by atoms with Gasteiger partial charge in [-0.15, -0.1) is 0 Å². The molecule has 86 valence electrons. The fourth-order valence-electron chi connectivity index (χ4n) is 1.89. The van der Waals surface area contributed by atoms with Crippen LogP contribution in [0.1, 0.15) is 25.8 Å². The molecule has 0 aliphatic heterocycles. The fraction of sp³-hybridized carbons (Fsp3) is 0.500. The summed E-state index contributed by atoms with van der Waals surface area (Å²) in [6, 6.07) is 7.38. The van der Waals surface area contributed by atoms with E-state index in [1.165, 1.54) is 0 Å². The molecule has 0 aromatic heterocycles. The topological polar surface area (TPSA) is 55.2 Å². The summed E-state index contributed by atoms with van der Waals surface area (Å²) in [5, 5.41) is 14.1. The van der Waals surface area contributed by atoms with Crippen molar-refractivity contribution >= 4 is 5.69 Å². The van der Waals surface area contributed by atoms with Gasteiger partial charge >= 0.3 is 0 Å². The first kappa shape index (κ1) is 11.1. The van der Waals surface area contributed by atoms with Crippen LogP contribution in [-0.2, 0) is 6.54 Å². The standard InChI is InChI=1S/C12H16N2O2/c1-12(2)7-11(12)13-8-9-5-3-4-6-10(9)14(15)16/h3-6,11,13H,7-8H2,1-2H3. The number of rotatable bonds is 4. The Hall–Kier alpha value is -1.42. The van der Waals surface area contributed by atoms with Gasteiger partial charge in [0.05, 0.1) is 4.92 Å². The molecule has 1 aromatic carbocycles. The molecule has 1 saturated carbocycles. The molecular formula is C12H16N2O2. The molecular weight excluding hydrogens is 204 g/mol. The van der Waals surface area contributed by atoms with E-state index >= 15 is 0 Å². The van der Waals surface area contributed by atoms with Gasteiger partial charge in [0.15, 0.2) is 0 Å². The van der Waals surface area contributed by atoms with E-state index in [4.69, 9.17) is 0 Å². The Labute approximate surface area is 94.8 Å². The van der Waals surface area contributed by atoms with Gasteiger partial charge in [0, 0.05) is 24.2 Å². The maximum absolute atomic E-state index is 10.8. The second-order valence-corrected chi connectivity index (χ2v) is 5.01. The van der Waals surface area contributed by atoms with Crippen LogP contribution < -0.4 is 5.32 Å². The Bertz CT molecular complexity index is 415. The number of para-hydroxylation sites is 1. The second kappa shape index (κ2) is 3.87. The van der Waals surface area contributed by atoms with Crippen LogP contribution in [0.25, 0.3) is 0 Å². The number of benzene rings is 1. The molecule has 16 heavy (non-hydrogen) atoms. The van der Waals surface area contributed by atoms with Gasteiger partial charge < -0.3 is 5.32 Å². The second-order valence-electron chi connectivity index (χ2n) is 5.01. The molecule has 0 heterocycles. The minimum absolute atomic E-state index is 0.202. The van der Waals surface area contributed by atoms with Gasteiger partial charge in [0.25, 0.3) is 5.69 Å². The number of hydrogen-bond donors (Lipinski definition) is 1. The largest absolute Gasteiger partial charge is 0.309 e. The Kier molecular flexibility index (Phi) is 2.68. The van der Waals surface area contributed by atoms with Crippen molar-refractivity contribution in [3.05, 3.63) is 39.9 Å². The first-order valence-corrected chi connectivity index (χ1v) is 5.46. The molecule has 2 rings (SSSR count). The average Bonchev–Trinajstić information content (AvgIpc) is 2.84. The van der Waals surface area contributed by atoms with E-state index in [2.05, 4.69) is 19.2 Å². The zero-order valence-corrected chi connectivity index (χ0v) is 9.56. The van der Waals surface area contributed by atoms with E-state index in [9.17, 15) is 10.1 Å². The van der Waals surface area contributed by atoms with Gasteiger partial charge in [-0.05, 0) is 11.8 Å². The van der Waals surface area contributed by atoms with E-state index in [1.807, 2.05) is 6.07 Å². The highest BCUT2D eigenvalue weighted by Gasteiger charge is 2.45. The van der Waals surface area contributed by atoms with Crippen molar-refractivity contribution in [1.29, 1.82) is 0 Å². The van der Waals surface area contributed by atoms with Crippen molar-refractivity contribution in [1.82, 2.24) is 5.32 Å². The number of nitrogens with one attached hydrogen (secondary N) is 1. The molecule has 1 aliphatic rings. The summed E-state index contributed by atoms with van der Waals surface area (Å²) in [4.78, 5) is 10.5. The molecule has 1 N–H and O–H groups in total. The van der Waals surface area contributed by atoms with Crippen LogP contribution in [0.4, 0.5) is 5.69 Å². The third kappa shape index (κ3) is 2.22. The van der Waals surface area contributed by atoms with E-state index < -0.39 is 0 Å². The molecule has 1 aliphatic carbocycles. The summed E-state index contributed by atoms with van der Waals surface area (Å²) in [6.07, 6.45) is 1.15. The van der Waals surface area contributed by atoms with Gasteiger partial charge in [-0.1, -0.05) is 32.0 Å². The Morgan fingerprint density at radius 3 is 2.69 bits per heavy atom. The molecule has 1 atom stereocenters. The lowest BCUT2D eigenvalue weighted by Gasteiger charge is -2.06. The van der Waals surface area contributed by atoms with Crippen LogP contribution in [0.15, 0.2) is 24.3 Å². The van der Waals surface area contributed by atoms with Gasteiger partial charge in [0.2, 0.25) is 0 Å². The first-order chi connectivity index (χ1) is 7.50. The van der Waals surface area contributed by atoms with Crippen molar-refractivity contribution in [2.75, 3.05) is 0 Å². The van der Waals surface area contributed by atoms with Crippen molar-refractivity contribution in [2.45, 2.75) is 32.9 Å². The molecule has 1 fully saturated rings. The van der Waals surface area contributed by atoms with Crippen LogP contribution in [0.5, 0.6) is 0 Å². The lowest BCUT2D eigenvalue weighted by molar-refractivity contribution is -0.385. The molecule has 0 amide bonds. The van der Waals surface area contributed by atoms with E-state index in [0.717, 1.165) is 12.0 Å². The molecule has 0 spiro atoms.